The largest absolute Gasteiger partial charge is 0.391 e. The van der Waals surface area contributed by atoms with Gasteiger partial charge in [-0.1, -0.05) is 62.4 Å². The quantitative estimate of drug-likeness (QED) is 0.185. The highest BCUT2D eigenvalue weighted by Crippen LogP contribution is 2.23. The van der Waals surface area contributed by atoms with Crippen molar-refractivity contribution in [2.24, 2.45) is 5.92 Å². The summed E-state index contributed by atoms with van der Waals surface area (Å²) in [6.45, 7) is 13.9. The molecule has 0 aliphatic heterocycles. The number of nitrogens with one attached hydrogen (secondary N) is 1. The van der Waals surface area contributed by atoms with Gasteiger partial charge in [0.25, 0.3) is 0 Å². The Morgan fingerprint density at radius 2 is 1.45 bits per heavy atom. The molecule has 212 valence electrons. The zero-order valence-corrected chi connectivity index (χ0v) is 24.2. The number of benzene rings is 2. The molecule has 0 saturated carbocycles. The van der Waals surface area contributed by atoms with Gasteiger partial charge in [0.1, 0.15) is 13.1 Å². The number of nitrogens with zero attached hydrogens (tertiary/aromatic N) is 2. The van der Waals surface area contributed by atoms with Crippen LogP contribution in [0.15, 0.2) is 60.7 Å². The molecule has 0 spiro atoms. The summed E-state index contributed by atoms with van der Waals surface area (Å²) in [6, 6.07) is 20.5. The number of hydrogen-bond donors (Lipinski definition) is 3. The molecule has 2 aromatic carbocycles. The van der Waals surface area contributed by atoms with Crippen LogP contribution in [0.1, 0.15) is 58.9 Å². The second-order valence-corrected chi connectivity index (χ2v) is 11.5. The first-order chi connectivity index (χ1) is 18.2. The molecule has 38 heavy (non-hydrogen) atoms. The Hall–Kier alpha value is -2.41. The van der Waals surface area contributed by atoms with E-state index in [4.69, 9.17) is 0 Å². The minimum atomic E-state index is -0.620. The third-order valence-electron chi connectivity index (χ3n) is 7.74. The molecule has 2 aromatic rings. The van der Waals surface area contributed by atoms with E-state index < -0.39 is 5.41 Å². The summed E-state index contributed by atoms with van der Waals surface area (Å²) in [6.07, 6.45) is 4.40. The van der Waals surface area contributed by atoms with Crippen LogP contribution in [0.4, 0.5) is 5.69 Å². The lowest BCUT2D eigenvalue weighted by atomic mass is 9.84. The van der Waals surface area contributed by atoms with E-state index in [0.717, 1.165) is 44.5 Å². The molecule has 0 radical (unpaired) electrons. The van der Waals surface area contributed by atoms with Crippen molar-refractivity contribution in [2.75, 3.05) is 63.9 Å². The second kappa shape index (κ2) is 16.5. The standard InChI is InChI=1S/C32H51N3O3/c1-28(2)18-21-34(30-16-10-6-11-17-30)20-12-7-13-22-35(24-26-36,25-27-37)23-19-33-31(38)32(3,4)29-14-8-5-9-15-29/h5-6,8-11,14-17,28,36-37H,7,12-13,18-27H2,1-4H3/p+1. The molecule has 0 aliphatic carbocycles. The minimum Gasteiger partial charge on any atom is -0.391 e. The first-order valence-electron chi connectivity index (χ1n) is 14.4. The lowest BCUT2D eigenvalue weighted by molar-refractivity contribution is -0.927. The van der Waals surface area contributed by atoms with Crippen molar-refractivity contribution in [3.05, 3.63) is 66.2 Å². The number of unbranched alkanes of at least 4 members (excludes halogenated alkanes) is 2. The van der Waals surface area contributed by atoms with Gasteiger partial charge in [-0.3, -0.25) is 4.79 Å². The van der Waals surface area contributed by atoms with E-state index in [2.05, 4.69) is 54.4 Å². The molecule has 6 nitrogen and oxygen atoms in total. The average Bonchev–Trinajstić information content (AvgIpc) is 2.91. The molecule has 0 atom stereocenters. The van der Waals surface area contributed by atoms with Gasteiger partial charge in [0.2, 0.25) is 5.91 Å². The van der Waals surface area contributed by atoms with Crippen LogP contribution in [-0.2, 0) is 10.2 Å². The second-order valence-electron chi connectivity index (χ2n) is 11.5. The molecule has 0 aromatic heterocycles. The van der Waals surface area contributed by atoms with E-state index in [1.807, 2.05) is 44.2 Å². The molecule has 0 heterocycles. The first kappa shape index (κ1) is 31.8. The lowest BCUT2D eigenvalue weighted by Gasteiger charge is -2.38. The maximum Gasteiger partial charge on any atom is 0.230 e. The molecule has 6 heteroatoms. The van der Waals surface area contributed by atoms with Crippen molar-refractivity contribution in [1.82, 2.24) is 5.32 Å². The minimum absolute atomic E-state index is 0.00259. The fourth-order valence-electron chi connectivity index (χ4n) is 5.06. The summed E-state index contributed by atoms with van der Waals surface area (Å²) < 4.78 is 0.620. The van der Waals surface area contributed by atoms with Crippen LogP contribution >= 0.6 is 0 Å². The van der Waals surface area contributed by atoms with Crippen molar-refractivity contribution in [3.63, 3.8) is 0 Å². The predicted octanol–water partition coefficient (Wildman–Crippen LogP) is 4.60. The summed E-state index contributed by atoms with van der Waals surface area (Å²) >= 11 is 0. The monoisotopic (exact) mass is 526 g/mol. The Kier molecular flexibility index (Phi) is 13.8. The summed E-state index contributed by atoms with van der Waals surface area (Å²) in [5.74, 6) is 0.673. The molecule has 3 N–H and O–H groups in total. The van der Waals surface area contributed by atoms with Gasteiger partial charge in [0.15, 0.2) is 0 Å². The normalized spacial score (nSPS) is 12.1. The highest BCUT2D eigenvalue weighted by molar-refractivity contribution is 5.87. The topological polar surface area (TPSA) is 72.8 Å². The van der Waals surface area contributed by atoms with Crippen molar-refractivity contribution >= 4 is 11.6 Å². The van der Waals surface area contributed by atoms with Crippen molar-refractivity contribution in [3.8, 4) is 0 Å². The van der Waals surface area contributed by atoms with Crippen LogP contribution in [0.25, 0.3) is 0 Å². The van der Waals surface area contributed by atoms with Gasteiger partial charge >= 0.3 is 0 Å². The van der Waals surface area contributed by atoms with Crippen molar-refractivity contribution < 1.29 is 19.5 Å². The van der Waals surface area contributed by atoms with Crippen LogP contribution in [-0.4, -0.2) is 79.6 Å². The highest BCUT2D eigenvalue weighted by atomic mass is 16.3. The first-order valence-corrected chi connectivity index (χ1v) is 14.4. The molecule has 0 saturated heterocycles. The van der Waals surface area contributed by atoms with Crippen molar-refractivity contribution in [1.29, 1.82) is 0 Å². The van der Waals surface area contributed by atoms with Crippen LogP contribution in [0.3, 0.4) is 0 Å². The van der Waals surface area contributed by atoms with E-state index in [1.54, 1.807) is 0 Å². The van der Waals surface area contributed by atoms with E-state index >= 15 is 0 Å². The fourth-order valence-corrected chi connectivity index (χ4v) is 5.06. The molecular formula is C32H52N3O3+. The molecule has 2 rings (SSSR count). The number of carbonyl (C=O) groups excluding carboxylic acids is 1. The summed E-state index contributed by atoms with van der Waals surface area (Å²) in [5.41, 5.74) is 1.65. The van der Waals surface area contributed by atoms with E-state index in [9.17, 15) is 15.0 Å². The van der Waals surface area contributed by atoms with Gasteiger partial charge < -0.3 is 24.9 Å². The average molecular weight is 527 g/mol. The summed E-state index contributed by atoms with van der Waals surface area (Å²) in [5, 5.41) is 22.8. The Morgan fingerprint density at radius 1 is 0.842 bits per heavy atom. The molecule has 0 aliphatic rings. The van der Waals surface area contributed by atoms with Gasteiger partial charge in [-0.25, -0.2) is 0 Å². The molecule has 0 unspecified atom stereocenters. The number of aliphatic hydroxyl groups excluding tert-OH is 2. The highest BCUT2D eigenvalue weighted by Gasteiger charge is 2.31. The van der Waals surface area contributed by atoms with Crippen molar-refractivity contribution in [2.45, 2.75) is 58.8 Å². The molecule has 1 amide bonds. The van der Waals surface area contributed by atoms with Gasteiger partial charge in [-0.05, 0) is 63.1 Å². The van der Waals surface area contributed by atoms with Crippen LogP contribution in [0.2, 0.25) is 0 Å². The third kappa shape index (κ3) is 10.4. The van der Waals surface area contributed by atoms with Gasteiger partial charge in [-0.2, -0.15) is 0 Å². The van der Waals surface area contributed by atoms with Crippen LogP contribution in [0, 0.1) is 5.92 Å². The predicted molar refractivity (Wildman–Crippen MR) is 158 cm³/mol. The van der Waals surface area contributed by atoms with Crippen LogP contribution in [0.5, 0.6) is 0 Å². The number of rotatable bonds is 19. The Bertz CT molecular complexity index is 897. The van der Waals surface area contributed by atoms with E-state index in [-0.39, 0.29) is 19.1 Å². The molecule has 0 bridgehead atoms. The van der Waals surface area contributed by atoms with E-state index in [1.165, 1.54) is 12.1 Å². The molecular weight excluding hydrogens is 474 g/mol. The number of quaternary nitrogens is 1. The number of amides is 1. The maximum atomic E-state index is 13.0. The number of anilines is 1. The summed E-state index contributed by atoms with van der Waals surface area (Å²) in [7, 11) is 0. The smallest absolute Gasteiger partial charge is 0.230 e. The third-order valence-corrected chi connectivity index (χ3v) is 7.74. The number of aliphatic hydroxyl groups is 2. The van der Waals surface area contributed by atoms with Gasteiger partial charge in [-0.15, -0.1) is 0 Å². The van der Waals surface area contributed by atoms with Gasteiger partial charge in [0.05, 0.1) is 38.3 Å². The SMILES string of the molecule is CC(C)CCN(CCCCC[N+](CCO)(CCO)CCNC(=O)C(C)(C)c1ccccc1)c1ccccc1. The number of para-hydroxylation sites is 1. The van der Waals surface area contributed by atoms with Gasteiger partial charge in [0, 0.05) is 18.8 Å². The summed E-state index contributed by atoms with van der Waals surface area (Å²) in [4.78, 5) is 15.5. The molecule has 0 fully saturated rings. The Morgan fingerprint density at radius 3 is 2.03 bits per heavy atom. The lowest BCUT2D eigenvalue weighted by Crippen LogP contribution is -2.56. The number of carbonyl (C=O) groups is 1. The Balaban J connectivity index is 1.89. The number of hydrogen-bond acceptors (Lipinski definition) is 4. The maximum absolute atomic E-state index is 13.0. The zero-order chi connectivity index (χ0) is 27.9. The zero-order valence-electron chi connectivity index (χ0n) is 24.2. The van der Waals surface area contributed by atoms with Crippen LogP contribution < -0.4 is 10.2 Å². The van der Waals surface area contributed by atoms with E-state index in [0.29, 0.717) is 36.6 Å². The fraction of sp³-hybridized carbons (Fsp3) is 0.594. The Labute approximate surface area is 231 Å².